The average molecular weight is 376 g/mol. The van der Waals surface area contributed by atoms with E-state index in [0.717, 1.165) is 11.1 Å². The summed E-state index contributed by atoms with van der Waals surface area (Å²) in [6, 6.07) is 23.7. The fourth-order valence-corrected chi connectivity index (χ4v) is 2.77. The molecule has 3 aromatic rings. The number of amides is 1. The van der Waals surface area contributed by atoms with Gasteiger partial charge >= 0.3 is 0 Å². The van der Waals surface area contributed by atoms with Gasteiger partial charge < -0.3 is 5.32 Å². The van der Waals surface area contributed by atoms with Crippen LogP contribution in [0.4, 0.5) is 5.69 Å². The maximum atomic E-state index is 12.3. The molecule has 1 amide bonds. The minimum Gasteiger partial charge on any atom is -0.326 e. The Morgan fingerprint density at radius 1 is 0.852 bits per heavy atom. The molecule has 134 valence electrons. The van der Waals surface area contributed by atoms with Crippen LogP contribution in [0.1, 0.15) is 21.5 Å². The lowest BCUT2D eigenvalue weighted by Crippen LogP contribution is -2.14. The van der Waals surface area contributed by atoms with Crippen molar-refractivity contribution in [3.63, 3.8) is 0 Å². The van der Waals surface area contributed by atoms with Gasteiger partial charge in [-0.2, -0.15) is 0 Å². The highest BCUT2D eigenvalue weighted by atomic mass is 35.5. The highest BCUT2D eigenvalue weighted by molar-refractivity contribution is 6.32. The van der Waals surface area contributed by atoms with Crippen LogP contribution in [-0.4, -0.2) is 11.7 Å². The first-order valence-electron chi connectivity index (χ1n) is 8.52. The molecule has 0 atom stereocenters. The quantitative estimate of drug-likeness (QED) is 0.462. The summed E-state index contributed by atoms with van der Waals surface area (Å²) in [7, 11) is 0. The van der Waals surface area contributed by atoms with Crippen LogP contribution in [-0.2, 0) is 11.2 Å². The van der Waals surface area contributed by atoms with Crippen LogP contribution in [0, 0.1) is 0 Å². The third-order valence-corrected chi connectivity index (χ3v) is 4.32. The van der Waals surface area contributed by atoms with E-state index in [1.54, 1.807) is 36.4 Å². The second kappa shape index (κ2) is 8.97. The van der Waals surface area contributed by atoms with Gasteiger partial charge in [0.15, 0.2) is 5.78 Å². The Hall–Kier alpha value is -3.17. The molecule has 0 unspecified atom stereocenters. The Morgan fingerprint density at radius 3 is 2.22 bits per heavy atom. The predicted molar refractivity (Wildman–Crippen MR) is 110 cm³/mol. The fourth-order valence-electron chi connectivity index (χ4n) is 2.58. The van der Waals surface area contributed by atoms with Crippen molar-refractivity contribution in [2.75, 3.05) is 5.32 Å². The second-order valence-corrected chi connectivity index (χ2v) is 6.41. The van der Waals surface area contributed by atoms with Crippen molar-refractivity contribution in [1.82, 2.24) is 0 Å². The molecule has 0 saturated heterocycles. The summed E-state index contributed by atoms with van der Waals surface area (Å²) in [6.07, 6.45) is 3.49. The molecule has 27 heavy (non-hydrogen) atoms. The van der Waals surface area contributed by atoms with E-state index in [4.69, 9.17) is 11.6 Å². The molecular formula is C23H18ClNO2. The maximum absolute atomic E-state index is 12.3. The predicted octanol–water partition coefficient (Wildman–Crippen LogP) is 5.42. The van der Waals surface area contributed by atoms with E-state index < -0.39 is 0 Å². The summed E-state index contributed by atoms with van der Waals surface area (Å²) in [6.45, 7) is 0. The van der Waals surface area contributed by atoms with E-state index in [1.807, 2.05) is 48.5 Å². The fraction of sp³-hybridized carbons (Fsp3) is 0.0435. The number of hydrogen-bond acceptors (Lipinski definition) is 2. The molecule has 0 aromatic heterocycles. The highest BCUT2D eigenvalue weighted by Crippen LogP contribution is 2.17. The smallest absolute Gasteiger partial charge is 0.228 e. The summed E-state index contributed by atoms with van der Waals surface area (Å²) in [4.78, 5) is 24.4. The molecule has 0 aliphatic rings. The zero-order valence-electron chi connectivity index (χ0n) is 14.6. The lowest BCUT2D eigenvalue weighted by Gasteiger charge is -2.06. The molecule has 0 radical (unpaired) electrons. The molecular weight excluding hydrogens is 358 g/mol. The van der Waals surface area contributed by atoms with Gasteiger partial charge in [0.25, 0.3) is 0 Å². The molecule has 0 fully saturated rings. The van der Waals surface area contributed by atoms with Gasteiger partial charge in [0.1, 0.15) is 0 Å². The van der Waals surface area contributed by atoms with Crippen molar-refractivity contribution in [1.29, 1.82) is 0 Å². The number of halogens is 1. The van der Waals surface area contributed by atoms with Gasteiger partial charge in [-0.1, -0.05) is 60.1 Å². The molecule has 3 aromatic carbocycles. The third kappa shape index (κ3) is 5.40. The van der Waals surface area contributed by atoms with Crippen molar-refractivity contribution < 1.29 is 9.59 Å². The minimum atomic E-state index is -0.128. The molecule has 0 saturated carbocycles. The monoisotopic (exact) mass is 375 g/mol. The van der Waals surface area contributed by atoms with Crippen LogP contribution in [0.25, 0.3) is 6.08 Å². The molecule has 1 N–H and O–H groups in total. The number of anilines is 1. The van der Waals surface area contributed by atoms with Crippen LogP contribution in [0.2, 0.25) is 5.02 Å². The van der Waals surface area contributed by atoms with Crippen molar-refractivity contribution in [3.8, 4) is 0 Å². The molecule has 3 rings (SSSR count). The standard InChI is InChI=1S/C23H18ClNO2/c24-21-9-5-4-8-18(21)12-15-22(26)19-10-13-20(14-11-19)25-23(27)16-17-6-2-1-3-7-17/h1-15H,16H2,(H,25,27)/b15-12+. The Morgan fingerprint density at radius 2 is 1.52 bits per heavy atom. The lowest BCUT2D eigenvalue weighted by molar-refractivity contribution is -0.115. The number of hydrogen-bond donors (Lipinski definition) is 1. The van der Waals surface area contributed by atoms with Crippen LogP contribution in [0.15, 0.2) is 84.9 Å². The number of ketones is 1. The average Bonchev–Trinajstić information content (AvgIpc) is 2.68. The first kappa shape index (κ1) is 18.6. The normalized spacial score (nSPS) is 10.7. The number of benzene rings is 3. The molecule has 0 aliphatic heterocycles. The zero-order valence-corrected chi connectivity index (χ0v) is 15.3. The Kier molecular flexibility index (Phi) is 6.18. The topological polar surface area (TPSA) is 46.2 Å². The van der Waals surface area contributed by atoms with Gasteiger partial charge in [-0.3, -0.25) is 9.59 Å². The number of allylic oxidation sites excluding steroid dienone is 1. The first-order chi connectivity index (χ1) is 13.1. The van der Waals surface area contributed by atoms with E-state index in [9.17, 15) is 9.59 Å². The van der Waals surface area contributed by atoms with Gasteiger partial charge in [0.2, 0.25) is 5.91 Å². The Labute approximate surface area is 163 Å². The Bertz CT molecular complexity index is 963. The lowest BCUT2D eigenvalue weighted by atomic mass is 10.1. The molecule has 3 nitrogen and oxygen atoms in total. The number of carbonyl (C=O) groups excluding carboxylic acids is 2. The second-order valence-electron chi connectivity index (χ2n) is 6.01. The molecule has 4 heteroatoms. The van der Waals surface area contributed by atoms with Crippen molar-refractivity contribution in [2.24, 2.45) is 0 Å². The number of nitrogens with one attached hydrogen (secondary N) is 1. The van der Waals surface area contributed by atoms with E-state index in [1.165, 1.54) is 6.08 Å². The number of carbonyl (C=O) groups is 2. The van der Waals surface area contributed by atoms with Gasteiger partial charge in [-0.15, -0.1) is 0 Å². The molecule has 0 bridgehead atoms. The first-order valence-corrected chi connectivity index (χ1v) is 8.90. The summed E-state index contributed by atoms with van der Waals surface area (Å²) < 4.78 is 0. The molecule has 0 spiro atoms. The zero-order chi connectivity index (χ0) is 19.1. The number of rotatable bonds is 6. The van der Waals surface area contributed by atoms with Crippen molar-refractivity contribution in [3.05, 3.63) is 107 Å². The van der Waals surface area contributed by atoms with E-state index in [-0.39, 0.29) is 11.7 Å². The van der Waals surface area contributed by atoms with Crippen molar-refractivity contribution >= 4 is 35.1 Å². The summed E-state index contributed by atoms with van der Waals surface area (Å²) in [5.74, 6) is -0.226. The van der Waals surface area contributed by atoms with Gasteiger partial charge in [-0.05, 0) is 53.6 Å². The molecule has 0 aliphatic carbocycles. The van der Waals surface area contributed by atoms with Gasteiger partial charge in [0.05, 0.1) is 6.42 Å². The van der Waals surface area contributed by atoms with Crippen LogP contribution in [0.3, 0.4) is 0 Å². The van der Waals surface area contributed by atoms with E-state index in [0.29, 0.717) is 22.7 Å². The van der Waals surface area contributed by atoms with Crippen LogP contribution >= 0.6 is 11.6 Å². The van der Waals surface area contributed by atoms with Crippen LogP contribution in [0.5, 0.6) is 0 Å². The largest absolute Gasteiger partial charge is 0.326 e. The minimum absolute atomic E-state index is 0.0982. The van der Waals surface area contributed by atoms with Crippen LogP contribution < -0.4 is 5.32 Å². The third-order valence-electron chi connectivity index (χ3n) is 3.98. The maximum Gasteiger partial charge on any atom is 0.228 e. The van der Waals surface area contributed by atoms with Gasteiger partial charge in [-0.25, -0.2) is 0 Å². The summed E-state index contributed by atoms with van der Waals surface area (Å²) in [5.41, 5.74) is 2.94. The summed E-state index contributed by atoms with van der Waals surface area (Å²) in [5, 5.41) is 3.43. The highest BCUT2D eigenvalue weighted by Gasteiger charge is 2.06. The van der Waals surface area contributed by atoms with E-state index in [2.05, 4.69) is 5.32 Å². The van der Waals surface area contributed by atoms with Gasteiger partial charge in [0, 0.05) is 16.3 Å². The molecule has 0 heterocycles. The Balaban J connectivity index is 1.60. The SMILES string of the molecule is O=C(Cc1ccccc1)Nc1ccc(C(=O)/C=C/c2ccccc2Cl)cc1. The van der Waals surface area contributed by atoms with E-state index >= 15 is 0 Å². The summed E-state index contributed by atoms with van der Waals surface area (Å²) >= 11 is 6.08. The van der Waals surface area contributed by atoms with Crippen molar-refractivity contribution in [2.45, 2.75) is 6.42 Å².